The van der Waals surface area contributed by atoms with Crippen molar-refractivity contribution in [1.82, 2.24) is 10.6 Å². The number of nitrogens with one attached hydrogen (secondary N) is 2. The van der Waals surface area contributed by atoms with E-state index in [2.05, 4.69) is 78.3 Å². The summed E-state index contributed by atoms with van der Waals surface area (Å²) in [7, 11) is 0. The third-order valence-electron chi connectivity index (χ3n) is 7.79. The first-order chi connectivity index (χ1) is 24.7. The van der Waals surface area contributed by atoms with E-state index in [0.717, 1.165) is 44.6 Å². The molecule has 0 saturated heterocycles. The third kappa shape index (κ3) is 16.6. The fraction of sp³-hybridized carbons (Fsp3) is 0.415. The van der Waals surface area contributed by atoms with Gasteiger partial charge in [0.1, 0.15) is 6.04 Å². The number of carbonyl (C=O) groups excluding carboxylic acids is 4. The molecule has 1 aliphatic rings. The lowest BCUT2D eigenvalue weighted by molar-refractivity contribution is -0.150. The molecule has 10 nitrogen and oxygen atoms in total. The summed E-state index contributed by atoms with van der Waals surface area (Å²) < 4.78 is 11.0. The van der Waals surface area contributed by atoms with Crippen LogP contribution >= 0.6 is 0 Å². The highest BCUT2D eigenvalue weighted by Crippen LogP contribution is 2.34. The van der Waals surface area contributed by atoms with Crippen LogP contribution in [0.5, 0.6) is 0 Å². The molecule has 10 heteroatoms. The zero-order chi connectivity index (χ0) is 37.2. The second kappa shape index (κ2) is 25.2. The molecule has 2 amide bonds. The van der Waals surface area contributed by atoms with Crippen LogP contribution in [0.25, 0.3) is 0 Å². The van der Waals surface area contributed by atoms with Crippen molar-refractivity contribution in [2.24, 2.45) is 5.92 Å². The Labute approximate surface area is 302 Å². The average molecular weight is 703 g/mol. The molecule has 1 heterocycles. The monoisotopic (exact) mass is 702 g/mol. The molecule has 0 saturated carbocycles. The van der Waals surface area contributed by atoms with Crippen LogP contribution in [-0.4, -0.2) is 66.2 Å². The molecule has 0 radical (unpaired) electrons. The third-order valence-corrected chi connectivity index (χ3v) is 7.79. The number of allylic oxidation sites excluding steroid dienone is 12. The predicted molar refractivity (Wildman–Crippen MR) is 199 cm³/mol. The molecule has 1 aromatic carbocycles. The fourth-order valence-corrected chi connectivity index (χ4v) is 4.69. The number of ether oxygens (including phenoxy) is 2. The lowest BCUT2D eigenvalue weighted by atomic mass is 9.92. The Hall–Kier alpha value is -4.80. The van der Waals surface area contributed by atoms with Crippen molar-refractivity contribution >= 4 is 23.6 Å². The number of hydrogen-bond donors (Lipinski definition) is 4. The number of aliphatic hydroxyl groups excluding tert-OH is 2. The number of benzene rings is 1. The number of amides is 2. The molecule has 1 aliphatic heterocycles. The van der Waals surface area contributed by atoms with Crippen molar-refractivity contribution in [1.29, 1.82) is 0 Å². The van der Waals surface area contributed by atoms with Crippen molar-refractivity contribution in [2.45, 2.75) is 76.9 Å². The Morgan fingerprint density at radius 3 is 1.88 bits per heavy atom. The van der Waals surface area contributed by atoms with E-state index in [1.165, 1.54) is 0 Å². The molecular weight excluding hydrogens is 648 g/mol. The minimum Gasteiger partial charge on any atom is -0.469 e. The summed E-state index contributed by atoms with van der Waals surface area (Å²) >= 11 is 0. The van der Waals surface area contributed by atoms with E-state index < -0.39 is 54.3 Å². The van der Waals surface area contributed by atoms with Gasteiger partial charge in [-0.05, 0) is 51.9 Å². The van der Waals surface area contributed by atoms with Crippen LogP contribution in [0.3, 0.4) is 0 Å². The van der Waals surface area contributed by atoms with E-state index in [1.807, 2.05) is 12.2 Å². The van der Waals surface area contributed by atoms with Crippen LogP contribution in [0.1, 0.15) is 70.8 Å². The van der Waals surface area contributed by atoms with Gasteiger partial charge in [0.2, 0.25) is 11.7 Å². The van der Waals surface area contributed by atoms with Gasteiger partial charge in [0.05, 0.1) is 19.8 Å². The zero-order valence-electron chi connectivity index (χ0n) is 29.9. The van der Waals surface area contributed by atoms with Gasteiger partial charge in [-0.2, -0.15) is 0 Å². The highest BCUT2D eigenvalue weighted by Gasteiger charge is 2.43. The highest BCUT2D eigenvalue weighted by atomic mass is 16.5. The Morgan fingerprint density at radius 1 is 0.824 bits per heavy atom. The first kappa shape index (κ1) is 42.4. The van der Waals surface area contributed by atoms with Gasteiger partial charge in [-0.25, -0.2) is 4.79 Å². The summed E-state index contributed by atoms with van der Waals surface area (Å²) in [6.45, 7) is 2.28. The molecule has 276 valence electrons. The van der Waals surface area contributed by atoms with Gasteiger partial charge < -0.3 is 30.3 Å². The Kier molecular flexibility index (Phi) is 20.9. The summed E-state index contributed by atoms with van der Waals surface area (Å²) in [4.78, 5) is 51.2. The Morgan fingerprint density at radius 2 is 1.35 bits per heavy atom. The van der Waals surface area contributed by atoms with Gasteiger partial charge in [-0.3, -0.25) is 14.4 Å². The standard InChI is InChI=1S/C41H54N2O8/c1-3-4-5-6-7-8-9-10-11-12-13-14-15-16-17-18-19-20-24-27-38(47)43-35(40(49)50-32-33(30-44)31-45)29-42-39(48)36-28-37(46)41(2,51-36)34-25-22-21-23-26-34/h4-5,7-8,10-11,13-14,16-17,19-23,25-26,28,33,35,44-45H,3,6,9,12,15,18,24,27,29-32H2,1-2H3,(H,42,48)(H,43,47)/b5-4-,8-7-,11-10-,14-13-,17-16-,20-19?. The molecular formula is C41H54N2O8. The summed E-state index contributed by atoms with van der Waals surface area (Å²) in [6, 6.07) is 7.50. The van der Waals surface area contributed by atoms with Crippen molar-refractivity contribution < 1.29 is 38.9 Å². The zero-order valence-corrected chi connectivity index (χ0v) is 29.9. The van der Waals surface area contributed by atoms with Gasteiger partial charge in [-0.1, -0.05) is 110 Å². The molecule has 2 unspecified atom stereocenters. The quantitative estimate of drug-likeness (QED) is 0.0803. The topological polar surface area (TPSA) is 151 Å². The van der Waals surface area contributed by atoms with E-state index in [0.29, 0.717) is 12.0 Å². The SMILES string of the molecule is CC/C=C\C/C=C\C/C=C\C/C=C\C/C=C\CC=CCCC(=O)NC(CNC(=O)C1=CC(=O)C(C)(c2ccccc2)O1)C(=O)OCC(CO)CO. The summed E-state index contributed by atoms with van der Waals surface area (Å²) in [5.74, 6) is -3.34. The Balaban J connectivity index is 1.78. The van der Waals surface area contributed by atoms with E-state index in [1.54, 1.807) is 37.3 Å². The lowest BCUT2D eigenvalue weighted by Gasteiger charge is -2.24. The first-order valence-electron chi connectivity index (χ1n) is 17.6. The number of ketones is 1. The molecule has 51 heavy (non-hydrogen) atoms. The van der Waals surface area contributed by atoms with Crippen LogP contribution in [0.2, 0.25) is 0 Å². The molecule has 0 aromatic heterocycles. The second-order valence-corrected chi connectivity index (χ2v) is 12.0. The van der Waals surface area contributed by atoms with Crippen LogP contribution in [0, 0.1) is 5.92 Å². The number of hydrogen-bond acceptors (Lipinski definition) is 8. The minimum absolute atomic E-state index is 0.0913. The number of esters is 1. The van der Waals surface area contributed by atoms with Crippen molar-refractivity contribution in [3.8, 4) is 0 Å². The highest BCUT2D eigenvalue weighted by molar-refractivity contribution is 6.07. The van der Waals surface area contributed by atoms with Gasteiger partial charge in [0.15, 0.2) is 11.4 Å². The molecule has 1 aromatic rings. The van der Waals surface area contributed by atoms with Crippen molar-refractivity contribution in [2.75, 3.05) is 26.4 Å². The van der Waals surface area contributed by atoms with E-state index in [9.17, 15) is 29.4 Å². The van der Waals surface area contributed by atoms with Gasteiger partial charge >= 0.3 is 5.97 Å². The van der Waals surface area contributed by atoms with Gasteiger partial charge in [0, 0.05) is 30.5 Å². The van der Waals surface area contributed by atoms with Crippen molar-refractivity contribution in [3.63, 3.8) is 0 Å². The summed E-state index contributed by atoms with van der Waals surface area (Å²) in [5, 5.41) is 23.7. The predicted octanol–water partition coefficient (Wildman–Crippen LogP) is 5.61. The smallest absolute Gasteiger partial charge is 0.330 e. The van der Waals surface area contributed by atoms with Crippen LogP contribution in [0.15, 0.2) is 115 Å². The molecule has 4 N–H and O–H groups in total. The normalized spacial score (nSPS) is 17.0. The van der Waals surface area contributed by atoms with Gasteiger partial charge in [-0.15, -0.1) is 0 Å². The van der Waals surface area contributed by atoms with Crippen LogP contribution in [-0.2, 0) is 34.3 Å². The van der Waals surface area contributed by atoms with E-state index >= 15 is 0 Å². The largest absolute Gasteiger partial charge is 0.469 e. The maximum Gasteiger partial charge on any atom is 0.330 e. The molecule has 2 atom stereocenters. The first-order valence-corrected chi connectivity index (χ1v) is 17.6. The number of rotatable bonds is 24. The van der Waals surface area contributed by atoms with Crippen molar-refractivity contribution in [3.05, 3.63) is 121 Å². The van der Waals surface area contributed by atoms with Crippen LogP contribution < -0.4 is 10.6 Å². The van der Waals surface area contributed by atoms with E-state index in [4.69, 9.17) is 9.47 Å². The molecule has 0 aliphatic carbocycles. The second-order valence-electron chi connectivity index (χ2n) is 12.0. The van der Waals surface area contributed by atoms with E-state index in [-0.39, 0.29) is 25.3 Å². The molecule has 0 bridgehead atoms. The lowest BCUT2D eigenvalue weighted by Crippen LogP contribution is -2.49. The molecule has 2 rings (SSSR count). The maximum atomic E-state index is 12.9. The molecule has 0 fully saturated rings. The maximum absolute atomic E-state index is 12.9. The Bertz CT molecular complexity index is 1440. The average Bonchev–Trinajstić information content (AvgIpc) is 3.46. The van der Waals surface area contributed by atoms with Gasteiger partial charge in [0.25, 0.3) is 5.91 Å². The minimum atomic E-state index is -1.37. The van der Waals surface area contributed by atoms with Crippen LogP contribution in [0.4, 0.5) is 0 Å². The number of aliphatic hydroxyl groups is 2. The summed E-state index contributed by atoms with van der Waals surface area (Å²) in [6.07, 6.45) is 32.3. The molecule has 0 spiro atoms. The summed E-state index contributed by atoms with van der Waals surface area (Å²) in [5.41, 5.74) is -0.789. The fourth-order valence-electron chi connectivity index (χ4n) is 4.69. The number of carbonyl (C=O) groups is 4.